The predicted octanol–water partition coefficient (Wildman–Crippen LogP) is 3.69. The molecule has 0 bridgehead atoms. The Hall–Kier alpha value is -0.980. The highest BCUT2D eigenvalue weighted by molar-refractivity contribution is 7.91. The van der Waals surface area contributed by atoms with Crippen LogP contribution < -0.4 is 0 Å². The van der Waals surface area contributed by atoms with Crippen LogP contribution in [0.1, 0.15) is 31.8 Å². The molecule has 2 aliphatic rings. The van der Waals surface area contributed by atoms with Gasteiger partial charge in [-0.3, -0.25) is 4.79 Å². The van der Waals surface area contributed by atoms with Crippen LogP contribution in [0, 0.1) is 24.2 Å². The van der Waals surface area contributed by atoms with Gasteiger partial charge in [0.05, 0.1) is 24.0 Å². The summed E-state index contributed by atoms with van der Waals surface area (Å²) >= 11 is 11.6. The minimum Gasteiger partial charge on any atom is -0.464 e. The molecular weight excluding hydrogens is 397 g/mol. The van der Waals surface area contributed by atoms with Crippen LogP contribution in [-0.2, 0) is 21.2 Å². The van der Waals surface area contributed by atoms with Crippen LogP contribution in [-0.4, -0.2) is 36.8 Å². The first-order valence-electron chi connectivity index (χ1n) is 8.60. The zero-order valence-corrected chi connectivity index (χ0v) is 17.4. The predicted molar refractivity (Wildman–Crippen MR) is 102 cm³/mol. The first kappa shape index (κ1) is 19.8. The molecule has 1 aromatic rings. The molecule has 1 aromatic heterocycles. The average molecular weight is 420 g/mol. The number of rotatable bonds is 5. The van der Waals surface area contributed by atoms with Crippen molar-refractivity contribution in [2.24, 2.45) is 17.3 Å². The van der Waals surface area contributed by atoms with Gasteiger partial charge in [-0.15, -0.1) is 0 Å². The molecule has 1 aliphatic carbocycles. The van der Waals surface area contributed by atoms with Crippen molar-refractivity contribution in [3.63, 3.8) is 0 Å². The van der Waals surface area contributed by atoms with Gasteiger partial charge in [0.2, 0.25) is 5.91 Å². The second kappa shape index (κ2) is 6.88. The Labute approximate surface area is 164 Å². The number of amides is 1. The molecule has 2 fully saturated rings. The molecule has 0 aromatic carbocycles. The summed E-state index contributed by atoms with van der Waals surface area (Å²) in [6.07, 6.45) is 2.16. The Kier molecular flexibility index (Phi) is 5.23. The Morgan fingerprint density at radius 2 is 2.08 bits per heavy atom. The van der Waals surface area contributed by atoms with E-state index < -0.39 is 9.84 Å². The molecule has 1 saturated carbocycles. The van der Waals surface area contributed by atoms with Gasteiger partial charge in [-0.2, -0.15) is 0 Å². The largest absolute Gasteiger partial charge is 0.464 e. The second-order valence-corrected chi connectivity index (χ2v) is 11.1. The molecule has 0 spiro atoms. The van der Waals surface area contributed by atoms with Crippen molar-refractivity contribution in [2.75, 3.05) is 11.5 Å². The quantitative estimate of drug-likeness (QED) is 0.729. The maximum Gasteiger partial charge on any atom is 0.227 e. The van der Waals surface area contributed by atoms with E-state index in [4.69, 9.17) is 27.6 Å². The van der Waals surface area contributed by atoms with Gasteiger partial charge in [-0.1, -0.05) is 37.0 Å². The Balaban J connectivity index is 1.85. The highest BCUT2D eigenvalue weighted by Crippen LogP contribution is 2.60. The number of hydrogen-bond acceptors (Lipinski definition) is 4. The molecule has 144 valence electrons. The molecule has 2 heterocycles. The zero-order valence-electron chi connectivity index (χ0n) is 15.0. The fraction of sp³-hybridized carbons (Fsp3) is 0.611. The summed E-state index contributed by atoms with van der Waals surface area (Å²) in [5, 5.41) is 0. The average Bonchev–Trinajstić information content (AvgIpc) is 2.83. The second-order valence-electron chi connectivity index (χ2n) is 7.82. The molecule has 1 saturated heterocycles. The van der Waals surface area contributed by atoms with E-state index in [1.54, 1.807) is 11.0 Å². The third-order valence-corrected chi connectivity index (χ3v) is 7.54. The number of carbonyl (C=O) groups excluding carboxylic acids is 1. The monoisotopic (exact) mass is 419 g/mol. The fourth-order valence-corrected chi connectivity index (χ4v) is 5.92. The Morgan fingerprint density at radius 1 is 1.38 bits per heavy atom. The molecule has 26 heavy (non-hydrogen) atoms. The first-order chi connectivity index (χ1) is 12.0. The molecular formula is C18H23Cl2NO4S. The van der Waals surface area contributed by atoms with Gasteiger partial charge in [-0.05, 0) is 42.9 Å². The summed E-state index contributed by atoms with van der Waals surface area (Å²) < 4.78 is 29.7. The highest BCUT2D eigenvalue weighted by Gasteiger charge is 2.62. The van der Waals surface area contributed by atoms with Crippen molar-refractivity contribution in [2.45, 2.75) is 39.8 Å². The van der Waals surface area contributed by atoms with Crippen LogP contribution in [0.25, 0.3) is 0 Å². The number of halogens is 2. The van der Waals surface area contributed by atoms with Crippen LogP contribution in [0.4, 0.5) is 0 Å². The van der Waals surface area contributed by atoms with Crippen LogP contribution in [0.5, 0.6) is 0 Å². The van der Waals surface area contributed by atoms with Crippen LogP contribution >= 0.6 is 23.2 Å². The Bertz CT molecular complexity index is 839. The minimum absolute atomic E-state index is 0.00233. The van der Waals surface area contributed by atoms with Gasteiger partial charge < -0.3 is 9.32 Å². The number of carbonyl (C=O) groups is 1. The number of sulfone groups is 1. The van der Waals surface area contributed by atoms with Gasteiger partial charge in [-0.25, -0.2) is 8.42 Å². The summed E-state index contributed by atoms with van der Waals surface area (Å²) in [6, 6.07) is 3.33. The van der Waals surface area contributed by atoms with E-state index in [9.17, 15) is 13.2 Å². The lowest BCUT2D eigenvalue weighted by Gasteiger charge is -2.28. The fourth-order valence-electron chi connectivity index (χ4n) is 3.92. The number of nitrogens with zero attached hydrogens (tertiary/aromatic N) is 1. The van der Waals surface area contributed by atoms with Gasteiger partial charge in [0.1, 0.15) is 16.0 Å². The van der Waals surface area contributed by atoms with Crippen LogP contribution in [0.2, 0.25) is 0 Å². The van der Waals surface area contributed by atoms with E-state index in [0.29, 0.717) is 12.2 Å². The standard InChI is InChI=1S/C18H23Cl2NO4S/c1-11-4-5-13(25-11)9-21(12-6-7-26(23,24)10-12)17(22)16-14(8-15(19)20)18(16,2)3/h4-5,8,12,14,16H,6-7,9-10H2,1-3H3/t12-,14-,16-/m0/s1. The molecule has 0 unspecified atom stereocenters. The van der Waals surface area contributed by atoms with E-state index in [1.807, 2.05) is 32.9 Å². The van der Waals surface area contributed by atoms with Crippen molar-refractivity contribution >= 4 is 38.9 Å². The van der Waals surface area contributed by atoms with Crippen molar-refractivity contribution in [3.05, 3.63) is 34.2 Å². The Morgan fingerprint density at radius 3 is 2.58 bits per heavy atom. The van der Waals surface area contributed by atoms with E-state index >= 15 is 0 Å². The lowest BCUT2D eigenvalue weighted by atomic mass is 10.1. The van der Waals surface area contributed by atoms with E-state index in [-0.39, 0.29) is 51.7 Å². The lowest BCUT2D eigenvalue weighted by molar-refractivity contribution is -0.136. The van der Waals surface area contributed by atoms with Crippen molar-refractivity contribution < 1.29 is 17.6 Å². The molecule has 0 N–H and O–H groups in total. The first-order valence-corrected chi connectivity index (χ1v) is 11.2. The van der Waals surface area contributed by atoms with Gasteiger partial charge in [0.25, 0.3) is 0 Å². The summed E-state index contributed by atoms with van der Waals surface area (Å²) in [6.45, 7) is 6.09. The zero-order chi connectivity index (χ0) is 19.3. The normalized spacial score (nSPS) is 28.6. The molecule has 5 nitrogen and oxygen atoms in total. The van der Waals surface area contributed by atoms with Crippen molar-refractivity contribution in [3.8, 4) is 0 Å². The topological polar surface area (TPSA) is 67.6 Å². The summed E-state index contributed by atoms with van der Waals surface area (Å²) in [5.41, 5.74) is -0.263. The van der Waals surface area contributed by atoms with Gasteiger partial charge in [0.15, 0.2) is 9.84 Å². The van der Waals surface area contributed by atoms with Gasteiger partial charge in [0, 0.05) is 6.04 Å². The summed E-state index contributed by atoms with van der Waals surface area (Å²) in [7, 11) is -3.11. The highest BCUT2D eigenvalue weighted by atomic mass is 35.5. The number of aryl methyl sites for hydroxylation is 1. The van der Waals surface area contributed by atoms with Crippen molar-refractivity contribution in [1.82, 2.24) is 4.90 Å². The smallest absolute Gasteiger partial charge is 0.227 e. The van der Waals surface area contributed by atoms with E-state index in [2.05, 4.69) is 0 Å². The molecule has 3 rings (SSSR count). The third-order valence-electron chi connectivity index (χ3n) is 5.54. The molecule has 1 amide bonds. The maximum atomic E-state index is 13.3. The number of hydrogen-bond donors (Lipinski definition) is 0. The van der Waals surface area contributed by atoms with Gasteiger partial charge >= 0.3 is 0 Å². The lowest BCUT2D eigenvalue weighted by Crippen LogP contribution is -2.42. The molecule has 3 atom stereocenters. The van der Waals surface area contributed by atoms with E-state index in [0.717, 1.165) is 5.76 Å². The summed E-state index contributed by atoms with van der Waals surface area (Å²) in [5.74, 6) is 1.13. The van der Waals surface area contributed by atoms with E-state index in [1.165, 1.54) is 0 Å². The molecule has 8 heteroatoms. The minimum atomic E-state index is -3.11. The number of furan rings is 1. The van der Waals surface area contributed by atoms with Crippen LogP contribution in [0.15, 0.2) is 27.1 Å². The SMILES string of the molecule is Cc1ccc(CN(C(=O)[C@@H]2[C@H](C=C(Cl)Cl)C2(C)C)[C@H]2CCS(=O)(=O)C2)o1. The third kappa shape index (κ3) is 3.97. The van der Waals surface area contributed by atoms with Crippen LogP contribution in [0.3, 0.4) is 0 Å². The molecule has 0 radical (unpaired) electrons. The maximum absolute atomic E-state index is 13.3. The summed E-state index contributed by atoms with van der Waals surface area (Å²) in [4.78, 5) is 15.0. The molecule has 1 aliphatic heterocycles. The van der Waals surface area contributed by atoms with Crippen molar-refractivity contribution in [1.29, 1.82) is 0 Å². The number of allylic oxidation sites excluding steroid dienone is 1.